The van der Waals surface area contributed by atoms with Crippen LogP contribution in [-0.4, -0.2) is 26.3 Å². The maximum absolute atomic E-state index is 12.0. The summed E-state index contributed by atoms with van der Waals surface area (Å²) in [5.41, 5.74) is 5.83. The Hall–Kier alpha value is -1.03. The quantitative estimate of drug-likeness (QED) is 0.676. The topological polar surface area (TPSA) is 63.4 Å². The third kappa shape index (κ3) is 2.55. The van der Waals surface area contributed by atoms with Crippen LogP contribution in [0.5, 0.6) is 0 Å². The van der Waals surface area contributed by atoms with Gasteiger partial charge in [0, 0.05) is 11.5 Å². The van der Waals surface area contributed by atoms with Crippen LogP contribution in [0, 0.1) is 12.3 Å². The van der Waals surface area contributed by atoms with Crippen LogP contribution in [0.2, 0.25) is 0 Å². The molecule has 0 saturated carbocycles. The molecule has 4 nitrogen and oxygen atoms in total. The molecule has 0 aliphatic rings. The number of sulfonamides is 1. The highest BCUT2D eigenvalue weighted by Gasteiger charge is 2.22. The average molecular weight is 303 g/mol. The number of benzene rings is 1. The summed E-state index contributed by atoms with van der Waals surface area (Å²) >= 11 is 3.20. The number of halogens is 1. The minimum Gasteiger partial charge on any atom is -0.398 e. The van der Waals surface area contributed by atoms with Crippen LogP contribution in [0.25, 0.3) is 0 Å². The molecule has 16 heavy (non-hydrogen) atoms. The zero-order valence-electron chi connectivity index (χ0n) is 8.64. The Kier molecular flexibility index (Phi) is 3.97. The average Bonchev–Trinajstić information content (AvgIpc) is 2.22. The van der Waals surface area contributed by atoms with Crippen LogP contribution < -0.4 is 5.73 Å². The summed E-state index contributed by atoms with van der Waals surface area (Å²) < 4.78 is 25.8. The molecule has 1 aromatic rings. The number of terminal acetylenes is 1. The molecule has 0 aliphatic heterocycles. The molecule has 1 rings (SSSR count). The molecule has 0 saturated heterocycles. The zero-order valence-corrected chi connectivity index (χ0v) is 11.0. The van der Waals surface area contributed by atoms with Crippen molar-refractivity contribution in [3.63, 3.8) is 0 Å². The van der Waals surface area contributed by atoms with E-state index in [1.165, 1.54) is 19.2 Å². The fourth-order valence-electron chi connectivity index (χ4n) is 1.11. The second-order valence-corrected chi connectivity index (χ2v) is 6.08. The minimum atomic E-state index is -3.62. The van der Waals surface area contributed by atoms with Crippen molar-refractivity contribution in [2.75, 3.05) is 19.3 Å². The summed E-state index contributed by atoms with van der Waals surface area (Å²) in [6.07, 6.45) is 5.08. The summed E-state index contributed by atoms with van der Waals surface area (Å²) in [6, 6.07) is 4.66. The molecule has 0 aromatic heterocycles. The van der Waals surface area contributed by atoms with Crippen molar-refractivity contribution in [1.82, 2.24) is 4.31 Å². The van der Waals surface area contributed by atoms with Gasteiger partial charge in [-0.2, -0.15) is 4.31 Å². The molecule has 0 bridgehead atoms. The molecule has 0 heterocycles. The highest BCUT2D eigenvalue weighted by molar-refractivity contribution is 9.10. The van der Waals surface area contributed by atoms with Crippen LogP contribution >= 0.6 is 15.9 Å². The molecule has 0 radical (unpaired) electrons. The van der Waals surface area contributed by atoms with Gasteiger partial charge < -0.3 is 5.73 Å². The summed E-state index contributed by atoms with van der Waals surface area (Å²) in [7, 11) is -2.21. The first-order valence-electron chi connectivity index (χ1n) is 4.34. The van der Waals surface area contributed by atoms with Gasteiger partial charge in [-0.25, -0.2) is 8.42 Å². The van der Waals surface area contributed by atoms with Crippen LogP contribution in [0.1, 0.15) is 0 Å². The van der Waals surface area contributed by atoms with Gasteiger partial charge in [0.25, 0.3) is 0 Å². The van der Waals surface area contributed by atoms with Crippen molar-refractivity contribution in [2.45, 2.75) is 4.90 Å². The smallest absolute Gasteiger partial charge is 0.245 e. The number of nitrogens with zero attached hydrogens (tertiary/aromatic N) is 1. The normalized spacial score (nSPS) is 11.4. The Morgan fingerprint density at radius 3 is 2.75 bits per heavy atom. The van der Waals surface area contributed by atoms with Crippen molar-refractivity contribution in [3.8, 4) is 12.3 Å². The molecular formula is C10H11BrN2O2S. The Balaban J connectivity index is 3.28. The van der Waals surface area contributed by atoms with Crippen molar-refractivity contribution in [1.29, 1.82) is 0 Å². The number of nitrogen functional groups attached to an aromatic ring is 1. The van der Waals surface area contributed by atoms with E-state index in [0.717, 1.165) is 4.31 Å². The van der Waals surface area contributed by atoms with Crippen molar-refractivity contribution >= 4 is 31.6 Å². The molecule has 0 atom stereocenters. The lowest BCUT2D eigenvalue weighted by Gasteiger charge is -2.15. The first-order chi connectivity index (χ1) is 7.39. The van der Waals surface area contributed by atoms with Gasteiger partial charge in [-0.1, -0.05) is 21.9 Å². The SMILES string of the molecule is C#CCN(C)S(=O)(=O)c1cc(Br)ccc1N. The molecule has 0 aliphatic carbocycles. The first-order valence-corrected chi connectivity index (χ1v) is 6.57. The Labute approximate surface area is 104 Å². The van der Waals surface area contributed by atoms with Crippen molar-refractivity contribution in [3.05, 3.63) is 22.7 Å². The Morgan fingerprint density at radius 1 is 1.56 bits per heavy atom. The van der Waals surface area contributed by atoms with Crippen molar-refractivity contribution in [2.24, 2.45) is 0 Å². The van der Waals surface area contributed by atoms with E-state index in [1.807, 2.05) is 0 Å². The zero-order chi connectivity index (χ0) is 12.3. The van der Waals surface area contributed by atoms with Gasteiger partial charge in [-0.15, -0.1) is 6.42 Å². The lowest BCUT2D eigenvalue weighted by Crippen LogP contribution is -2.27. The molecule has 0 fully saturated rings. The lowest BCUT2D eigenvalue weighted by atomic mass is 10.3. The van der Waals surface area contributed by atoms with Gasteiger partial charge in [0.15, 0.2) is 0 Å². The summed E-state index contributed by atoms with van der Waals surface area (Å²) in [5.74, 6) is 2.27. The van der Waals surface area contributed by atoms with E-state index in [2.05, 4.69) is 21.9 Å². The second kappa shape index (κ2) is 4.87. The predicted octanol–water partition coefficient (Wildman–Crippen LogP) is 1.29. The maximum atomic E-state index is 12.0. The third-order valence-electron chi connectivity index (χ3n) is 1.98. The van der Waals surface area contributed by atoms with Gasteiger partial charge in [0.2, 0.25) is 10.0 Å². The van der Waals surface area contributed by atoms with E-state index in [9.17, 15) is 8.42 Å². The van der Waals surface area contributed by atoms with Gasteiger partial charge in [-0.3, -0.25) is 0 Å². The number of hydrogen-bond acceptors (Lipinski definition) is 3. The van der Waals surface area contributed by atoms with Gasteiger partial charge in [-0.05, 0) is 18.2 Å². The monoisotopic (exact) mass is 302 g/mol. The van der Waals surface area contributed by atoms with Gasteiger partial charge in [0.1, 0.15) is 4.90 Å². The largest absolute Gasteiger partial charge is 0.398 e. The first kappa shape index (κ1) is 13.0. The molecule has 1 aromatic carbocycles. The number of rotatable bonds is 3. The fraction of sp³-hybridized carbons (Fsp3) is 0.200. The number of nitrogens with two attached hydrogens (primary N) is 1. The van der Waals surface area contributed by atoms with E-state index in [0.29, 0.717) is 4.47 Å². The second-order valence-electron chi connectivity index (χ2n) is 3.15. The number of anilines is 1. The molecule has 2 N–H and O–H groups in total. The minimum absolute atomic E-state index is 0.00822. The van der Waals surface area contributed by atoms with Crippen LogP contribution in [0.3, 0.4) is 0 Å². The molecule has 0 amide bonds. The molecule has 0 unspecified atom stereocenters. The number of hydrogen-bond donors (Lipinski definition) is 1. The highest BCUT2D eigenvalue weighted by atomic mass is 79.9. The Bertz CT molecular complexity index is 534. The van der Waals surface area contributed by atoms with Crippen LogP contribution in [0.15, 0.2) is 27.6 Å². The predicted molar refractivity (Wildman–Crippen MR) is 67.2 cm³/mol. The molecular weight excluding hydrogens is 292 g/mol. The molecule has 6 heteroatoms. The summed E-state index contributed by atoms with van der Waals surface area (Å²) in [4.78, 5) is 0.0552. The van der Waals surface area contributed by atoms with E-state index >= 15 is 0 Å². The Morgan fingerprint density at radius 2 is 2.19 bits per heavy atom. The molecule has 0 spiro atoms. The third-order valence-corrected chi connectivity index (χ3v) is 4.33. The van der Waals surface area contributed by atoms with Gasteiger partial charge in [0.05, 0.1) is 12.2 Å². The van der Waals surface area contributed by atoms with Crippen LogP contribution in [-0.2, 0) is 10.0 Å². The summed E-state index contributed by atoms with van der Waals surface area (Å²) in [6.45, 7) is 0.00822. The standard InChI is InChI=1S/C10H11BrN2O2S/c1-3-6-13(2)16(14,15)10-7-8(11)4-5-9(10)12/h1,4-5,7H,6,12H2,2H3. The maximum Gasteiger partial charge on any atom is 0.245 e. The van der Waals surface area contributed by atoms with E-state index in [4.69, 9.17) is 12.2 Å². The van der Waals surface area contributed by atoms with Crippen LogP contribution in [0.4, 0.5) is 5.69 Å². The highest BCUT2D eigenvalue weighted by Crippen LogP contribution is 2.25. The van der Waals surface area contributed by atoms with Gasteiger partial charge >= 0.3 is 0 Å². The summed E-state index contributed by atoms with van der Waals surface area (Å²) in [5, 5.41) is 0. The van der Waals surface area contributed by atoms with Crippen molar-refractivity contribution < 1.29 is 8.42 Å². The lowest BCUT2D eigenvalue weighted by molar-refractivity contribution is 0.503. The van der Waals surface area contributed by atoms with E-state index in [-0.39, 0.29) is 17.1 Å². The van der Waals surface area contributed by atoms with E-state index in [1.54, 1.807) is 6.07 Å². The fourth-order valence-corrected chi connectivity index (χ4v) is 2.85. The van der Waals surface area contributed by atoms with E-state index < -0.39 is 10.0 Å². The molecule has 86 valence electrons.